The number of methoxy groups -OCH3 is 1. The predicted molar refractivity (Wildman–Crippen MR) is 94.3 cm³/mol. The van der Waals surface area contributed by atoms with Crippen molar-refractivity contribution in [3.8, 4) is 17.0 Å². The van der Waals surface area contributed by atoms with Crippen molar-refractivity contribution in [3.63, 3.8) is 0 Å². The third kappa shape index (κ3) is 3.35. The van der Waals surface area contributed by atoms with Gasteiger partial charge in [0.05, 0.1) is 18.5 Å². The Kier molecular flexibility index (Phi) is 4.50. The standard InChI is InChI=1S/C16H15N3OS2/c1-11(15-7-4-8-21-15)18-19-16-17-14(10-22-16)12-5-3-6-13(9-12)20-2/h3-10H,1-2H3,(H,17,19)/b18-11+. The van der Waals surface area contributed by atoms with Crippen molar-refractivity contribution in [2.45, 2.75) is 6.92 Å². The number of hydrogen-bond donors (Lipinski definition) is 1. The fourth-order valence-electron chi connectivity index (χ4n) is 1.91. The van der Waals surface area contributed by atoms with Crippen LogP contribution < -0.4 is 10.2 Å². The summed E-state index contributed by atoms with van der Waals surface area (Å²) >= 11 is 3.20. The molecule has 0 fully saturated rings. The number of hydrazone groups is 1. The molecule has 3 rings (SSSR count). The lowest BCUT2D eigenvalue weighted by Gasteiger charge is -2.01. The number of hydrogen-bond acceptors (Lipinski definition) is 6. The maximum absolute atomic E-state index is 5.24. The molecule has 0 aliphatic rings. The van der Waals surface area contributed by atoms with Gasteiger partial charge in [-0.25, -0.2) is 4.98 Å². The van der Waals surface area contributed by atoms with Crippen molar-refractivity contribution in [3.05, 3.63) is 52.0 Å². The first-order valence-electron chi connectivity index (χ1n) is 6.70. The van der Waals surface area contributed by atoms with Gasteiger partial charge >= 0.3 is 0 Å². The topological polar surface area (TPSA) is 46.5 Å². The van der Waals surface area contributed by atoms with E-state index in [0.29, 0.717) is 0 Å². The summed E-state index contributed by atoms with van der Waals surface area (Å²) in [6.07, 6.45) is 0. The van der Waals surface area contributed by atoms with Gasteiger partial charge in [-0.3, -0.25) is 5.43 Å². The number of anilines is 1. The van der Waals surface area contributed by atoms with Gasteiger partial charge in [-0.2, -0.15) is 5.10 Å². The molecule has 2 heterocycles. The molecule has 0 amide bonds. The monoisotopic (exact) mass is 329 g/mol. The van der Waals surface area contributed by atoms with E-state index >= 15 is 0 Å². The average molecular weight is 329 g/mol. The molecular formula is C16H15N3OS2. The minimum absolute atomic E-state index is 0.772. The van der Waals surface area contributed by atoms with E-state index in [1.54, 1.807) is 18.4 Å². The molecule has 0 aliphatic carbocycles. The van der Waals surface area contributed by atoms with Crippen LogP contribution in [0.25, 0.3) is 11.3 Å². The molecular weight excluding hydrogens is 314 g/mol. The lowest BCUT2D eigenvalue weighted by molar-refractivity contribution is 0.415. The van der Waals surface area contributed by atoms with Gasteiger partial charge < -0.3 is 4.74 Å². The Balaban J connectivity index is 1.75. The summed E-state index contributed by atoms with van der Waals surface area (Å²) in [5.74, 6) is 0.826. The van der Waals surface area contributed by atoms with E-state index in [2.05, 4.69) is 21.6 Å². The van der Waals surface area contributed by atoms with Crippen LogP contribution in [0.1, 0.15) is 11.8 Å². The minimum atomic E-state index is 0.772. The van der Waals surface area contributed by atoms with Crippen LogP contribution in [0.15, 0.2) is 52.3 Å². The molecule has 4 nitrogen and oxygen atoms in total. The first-order valence-corrected chi connectivity index (χ1v) is 8.46. The second-order valence-electron chi connectivity index (χ2n) is 4.56. The number of rotatable bonds is 5. The lowest BCUT2D eigenvalue weighted by Crippen LogP contribution is -1.96. The zero-order chi connectivity index (χ0) is 15.4. The van der Waals surface area contributed by atoms with Crippen LogP contribution in [0.2, 0.25) is 0 Å². The molecule has 112 valence electrons. The number of nitrogens with zero attached hydrogens (tertiary/aromatic N) is 2. The first kappa shape index (κ1) is 14.7. The number of benzene rings is 1. The van der Waals surface area contributed by atoms with Crippen LogP contribution in [-0.4, -0.2) is 17.8 Å². The molecule has 3 aromatic rings. The first-order chi connectivity index (χ1) is 10.8. The highest BCUT2D eigenvalue weighted by Gasteiger charge is 2.05. The van der Waals surface area contributed by atoms with Crippen LogP contribution in [0.3, 0.4) is 0 Å². The molecule has 22 heavy (non-hydrogen) atoms. The quantitative estimate of drug-likeness (QED) is 0.544. The molecule has 0 unspecified atom stereocenters. The van der Waals surface area contributed by atoms with Crippen molar-refractivity contribution < 1.29 is 4.74 Å². The van der Waals surface area contributed by atoms with Crippen molar-refractivity contribution in [2.75, 3.05) is 12.5 Å². The Bertz CT molecular complexity index is 778. The summed E-state index contributed by atoms with van der Waals surface area (Å²) in [7, 11) is 1.66. The van der Waals surface area contributed by atoms with Crippen molar-refractivity contribution >= 4 is 33.5 Å². The number of ether oxygens (including phenoxy) is 1. The van der Waals surface area contributed by atoms with Crippen LogP contribution in [0, 0.1) is 0 Å². The Hall–Kier alpha value is -2.18. The summed E-state index contributed by atoms with van der Waals surface area (Å²) in [6, 6.07) is 11.9. The molecule has 0 aliphatic heterocycles. The highest BCUT2D eigenvalue weighted by atomic mass is 32.1. The van der Waals surface area contributed by atoms with E-state index in [1.165, 1.54) is 11.3 Å². The van der Waals surface area contributed by atoms with Gasteiger partial charge in [-0.1, -0.05) is 18.2 Å². The van der Waals surface area contributed by atoms with Crippen LogP contribution in [0.5, 0.6) is 5.75 Å². The zero-order valence-corrected chi connectivity index (χ0v) is 13.9. The fourth-order valence-corrected chi connectivity index (χ4v) is 3.25. The van der Waals surface area contributed by atoms with E-state index in [-0.39, 0.29) is 0 Å². The van der Waals surface area contributed by atoms with Crippen molar-refractivity contribution in [1.82, 2.24) is 4.98 Å². The largest absolute Gasteiger partial charge is 0.497 e. The third-order valence-corrected chi connectivity index (χ3v) is 4.79. The minimum Gasteiger partial charge on any atom is -0.497 e. The molecule has 0 atom stereocenters. The van der Waals surface area contributed by atoms with Gasteiger partial charge in [0.15, 0.2) is 0 Å². The number of thiophene rings is 1. The fraction of sp³-hybridized carbons (Fsp3) is 0.125. The summed E-state index contributed by atoms with van der Waals surface area (Å²) < 4.78 is 5.24. The molecule has 2 aromatic heterocycles. The Labute approximate surface area is 137 Å². The molecule has 6 heteroatoms. The van der Waals surface area contributed by atoms with E-state index in [4.69, 9.17) is 4.74 Å². The summed E-state index contributed by atoms with van der Waals surface area (Å²) in [6.45, 7) is 1.98. The Morgan fingerprint density at radius 1 is 1.23 bits per heavy atom. The number of thiazole rings is 1. The predicted octanol–water partition coefficient (Wildman–Crippen LogP) is 4.72. The maximum atomic E-state index is 5.24. The number of nitrogens with one attached hydrogen (secondary N) is 1. The van der Waals surface area contributed by atoms with E-state index in [0.717, 1.165) is 32.7 Å². The molecule has 1 aromatic carbocycles. The van der Waals surface area contributed by atoms with Crippen molar-refractivity contribution in [1.29, 1.82) is 0 Å². The number of aromatic nitrogens is 1. The summed E-state index contributed by atoms with van der Waals surface area (Å²) in [4.78, 5) is 5.71. The summed E-state index contributed by atoms with van der Waals surface area (Å²) in [5.41, 5.74) is 5.92. The van der Waals surface area contributed by atoms with Gasteiger partial charge in [0.1, 0.15) is 5.75 Å². The van der Waals surface area contributed by atoms with Gasteiger partial charge in [-0.05, 0) is 30.5 Å². The van der Waals surface area contributed by atoms with E-state index in [9.17, 15) is 0 Å². The van der Waals surface area contributed by atoms with Gasteiger partial charge in [0, 0.05) is 15.8 Å². The van der Waals surface area contributed by atoms with Crippen LogP contribution >= 0.6 is 22.7 Å². The van der Waals surface area contributed by atoms with Crippen LogP contribution in [0.4, 0.5) is 5.13 Å². The second kappa shape index (κ2) is 6.72. The molecule has 0 saturated carbocycles. The molecule has 1 N–H and O–H groups in total. The molecule has 0 spiro atoms. The van der Waals surface area contributed by atoms with E-state index < -0.39 is 0 Å². The molecule has 0 bridgehead atoms. The second-order valence-corrected chi connectivity index (χ2v) is 6.36. The normalized spacial score (nSPS) is 11.5. The molecule has 0 saturated heterocycles. The highest BCUT2D eigenvalue weighted by molar-refractivity contribution is 7.14. The van der Waals surface area contributed by atoms with Gasteiger partial charge in [0.25, 0.3) is 0 Å². The maximum Gasteiger partial charge on any atom is 0.203 e. The Morgan fingerprint density at radius 3 is 2.91 bits per heavy atom. The van der Waals surface area contributed by atoms with E-state index in [1.807, 2.05) is 48.0 Å². The zero-order valence-electron chi connectivity index (χ0n) is 12.2. The SMILES string of the molecule is COc1cccc(-c2csc(N/N=C(\C)c3cccs3)n2)c1. The van der Waals surface area contributed by atoms with Gasteiger partial charge in [-0.15, -0.1) is 22.7 Å². The summed E-state index contributed by atoms with van der Waals surface area (Å²) in [5, 5.41) is 9.20. The van der Waals surface area contributed by atoms with Crippen LogP contribution in [-0.2, 0) is 0 Å². The Morgan fingerprint density at radius 2 is 2.14 bits per heavy atom. The third-order valence-electron chi connectivity index (χ3n) is 3.07. The molecule has 0 radical (unpaired) electrons. The van der Waals surface area contributed by atoms with Crippen molar-refractivity contribution in [2.24, 2.45) is 5.10 Å². The lowest BCUT2D eigenvalue weighted by atomic mass is 10.2. The van der Waals surface area contributed by atoms with Gasteiger partial charge in [0.2, 0.25) is 5.13 Å². The smallest absolute Gasteiger partial charge is 0.203 e. The average Bonchev–Trinajstić information content (AvgIpc) is 3.24. The highest BCUT2D eigenvalue weighted by Crippen LogP contribution is 2.27.